The van der Waals surface area contributed by atoms with E-state index >= 15 is 0 Å². The molecule has 2 aliphatic rings. The van der Waals surface area contributed by atoms with Gasteiger partial charge >= 0.3 is 0 Å². The number of thiazole rings is 1. The standard InChI is InChI=1S/C18H19N5O2S/c1-11-14(26-18(19-11)22-8-2-3-9-22)17(24)23-10-4-5-13(23)16-20-15(21-25-16)12-6-7-12/h2-3,8-9,12-13H,4-7,10H2,1H3. The molecule has 8 heteroatoms. The Kier molecular flexibility index (Phi) is 3.66. The molecule has 4 heterocycles. The number of rotatable bonds is 4. The molecule has 1 saturated carbocycles. The van der Waals surface area contributed by atoms with Gasteiger partial charge in [-0.3, -0.25) is 4.79 Å². The van der Waals surface area contributed by atoms with Gasteiger partial charge in [-0.1, -0.05) is 16.5 Å². The van der Waals surface area contributed by atoms with E-state index in [0.717, 1.165) is 42.3 Å². The van der Waals surface area contributed by atoms with Crippen LogP contribution in [0.3, 0.4) is 0 Å². The first-order chi connectivity index (χ1) is 12.7. The molecule has 1 unspecified atom stereocenters. The van der Waals surface area contributed by atoms with Crippen LogP contribution in [-0.2, 0) is 0 Å². The van der Waals surface area contributed by atoms with Crippen molar-refractivity contribution in [1.29, 1.82) is 0 Å². The summed E-state index contributed by atoms with van der Waals surface area (Å²) in [7, 11) is 0. The first-order valence-corrected chi connectivity index (χ1v) is 9.77. The van der Waals surface area contributed by atoms with Gasteiger partial charge in [0.2, 0.25) is 5.89 Å². The Morgan fingerprint density at radius 3 is 2.81 bits per heavy atom. The zero-order valence-electron chi connectivity index (χ0n) is 14.5. The fraction of sp³-hybridized carbons (Fsp3) is 0.444. The molecule has 0 spiro atoms. The maximum atomic E-state index is 13.2. The lowest BCUT2D eigenvalue weighted by Crippen LogP contribution is -2.30. The van der Waals surface area contributed by atoms with Crippen LogP contribution in [0.15, 0.2) is 29.0 Å². The number of amides is 1. The molecule has 2 fully saturated rings. The largest absolute Gasteiger partial charge is 0.337 e. The zero-order chi connectivity index (χ0) is 17.7. The number of nitrogens with zero attached hydrogens (tertiary/aromatic N) is 5. The third-order valence-corrected chi connectivity index (χ3v) is 6.16. The number of carbonyl (C=O) groups excluding carboxylic acids is 1. The maximum absolute atomic E-state index is 13.2. The summed E-state index contributed by atoms with van der Waals surface area (Å²) in [4.78, 5) is 24.9. The van der Waals surface area contributed by atoms with Crippen molar-refractivity contribution in [3.05, 3.63) is 46.8 Å². The van der Waals surface area contributed by atoms with Crippen LogP contribution >= 0.6 is 11.3 Å². The fourth-order valence-corrected chi connectivity index (χ4v) is 4.43. The first-order valence-electron chi connectivity index (χ1n) is 8.96. The van der Waals surface area contributed by atoms with E-state index in [4.69, 9.17) is 4.52 Å². The van der Waals surface area contributed by atoms with Crippen molar-refractivity contribution in [1.82, 2.24) is 24.6 Å². The van der Waals surface area contributed by atoms with Gasteiger partial charge in [-0.2, -0.15) is 4.98 Å². The third kappa shape index (κ3) is 2.65. The van der Waals surface area contributed by atoms with Gasteiger partial charge in [0, 0.05) is 24.9 Å². The van der Waals surface area contributed by atoms with Crippen LogP contribution in [0.5, 0.6) is 0 Å². The van der Waals surface area contributed by atoms with E-state index in [0.29, 0.717) is 23.2 Å². The SMILES string of the molecule is Cc1nc(-n2cccc2)sc1C(=O)N1CCCC1c1nc(C2CC2)no1. The molecule has 1 aliphatic carbocycles. The summed E-state index contributed by atoms with van der Waals surface area (Å²) in [5.74, 6) is 1.83. The molecule has 0 radical (unpaired) electrons. The molecule has 0 aromatic carbocycles. The van der Waals surface area contributed by atoms with Crippen LogP contribution in [0.2, 0.25) is 0 Å². The smallest absolute Gasteiger partial charge is 0.266 e. The van der Waals surface area contributed by atoms with Gasteiger partial charge in [0.05, 0.1) is 5.69 Å². The van der Waals surface area contributed by atoms with Gasteiger partial charge in [0.15, 0.2) is 11.0 Å². The first kappa shape index (κ1) is 15.7. The van der Waals surface area contributed by atoms with Gasteiger partial charge in [0.1, 0.15) is 10.9 Å². The van der Waals surface area contributed by atoms with Crippen LogP contribution in [0.4, 0.5) is 0 Å². The van der Waals surface area contributed by atoms with Crippen molar-refractivity contribution >= 4 is 17.2 Å². The quantitative estimate of drug-likeness (QED) is 0.704. The summed E-state index contributed by atoms with van der Waals surface area (Å²) in [6, 6.07) is 3.77. The Labute approximate surface area is 154 Å². The minimum Gasteiger partial charge on any atom is -0.337 e. The highest BCUT2D eigenvalue weighted by Crippen LogP contribution is 2.40. The number of hydrogen-bond acceptors (Lipinski definition) is 6. The molecule has 1 aliphatic heterocycles. The Hall–Kier alpha value is -2.48. The molecule has 1 atom stereocenters. The zero-order valence-corrected chi connectivity index (χ0v) is 15.3. The molecule has 26 heavy (non-hydrogen) atoms. The number of carbonyl (C=O) groups is 1. The van der Waals surface area contributed by atoms with Crippen molar-refractivity contribution in [3.63, 3.8) is 0 Å². The molecular formula is C18H19N5O2S. The monoisotopic (exact) mass is 369 g/mol. The highest BCUT2D eigenvalue weighted by Gasteiger charge is 2.37. The Balaban J connectivity index is 1.42. The van der Waals surface area contributed by atoms with Crippen LogP contribution in [0.1, 0.15) is 64.7 Å². The molecule has 1 amide bonds. The topological polar surface area (TPSA) is 77.1 Å². The maximum Gasteiger partial charge on any atom is 0.266 e. The predicted molar refractivity (Wildman–Crippen MR) is 95.5 cm³/mol. The molecule has 134 valence electrons. The van der Waals surface area contributed by atoms with Gasteiger partial charge in [-0.15, -0.1) is 0 Å². The lowest BCUT2D eigenvalue weighted by atomic mass is 10.2. The normalized spacial score (nSPS) is 20.0. The van der Waals surface area contributed by atoms with Gasteiger partial charge < -0.3 is 14.0 Å². The lowest BCUT2D eigenvalue weighted by Gasteiger charge is -2.21. The Morgan fingerprint density at radius 1 is 1.23 bits per heavy atom. The van der Waals surface area contributed by atoms with Crippen molar-refractivity contribution in [2.75, 3.05) is 6.54 Å². The van der Waals surface area contributed by atoms with E-state index in [9.17, 15) is 4.79 Å². The summed E-state index contributed by atoms with van der Waals surface area (Å²) in [6.07, 6.45) is 7.94. The van der Waals surface area contributed by atoms with E-state index < -0.39 is 0 Å². The Bertz CT molecular complexity index is 941. The van der Waals surface area contributed by atoms with Crippen molar-refractivity contribution < 1.29 is 9.32 Å². The molecule has 3 aromatic rings. The summed E-state index contributed by atoms with van der Waals surface area (Å²) < 4.78 is 7.42. The number of aromatic nitrogens is 4. The van der Waals surface area contributed by atoms with E-state index in [-0.39, 0.29) is 11.9 Å². The summed E-state index contributed by atoms with van der Waals surface area (Å²) in [5, 5.41) is 4.91. The number of likely N-dealkylation sites (tertiary alicyclic amines) is 1. The minimum atomic E-state index is -0.126. The van der Waals surface area contributed by atoms with E-state index in [1.54, 1.807) is 0 Å². The average molecular weight is 369 g/mol. The van der Waals surface area contributed by atoms with Crippen molar-refractivity contribution in [2.24, 2.45) is 0 Å². The fourth-order valence-electron chi connectivity index (χ4n) is 3.44. The van der Waals surface area contributed by atoms with Crippen LogP contribution in [0, 0.1) is 6.92 Å². The third-order valence-electron chi connectivity index (χ3n) is 5.00. The summed E-state index contributed by atoms with van der Waals surface area (Å²) in [5.41, 5.74) is 0.763. The molecule has 1 saturated heterocycles. The molecule has 5 rings (SSSR count). The van der Waals surface area contributed by atoms with Crippen LogP contribution in [0.25, 0.3) is 5.13 Å². The molecule has 7 nitrogen and oxygen atoms in total. The average Bonchev–Trinajstić information content (AvgIpc) is 3.15. The van der Waals surface area contributed by atoms with Gasteiger partial charge in [-0.25, -0.2) is 4.98 Å². The van der Waals surface area contributed by atoms with Crippen LogP contribution < -0.4 is 0 Å². The Morgan fingerprint density at radius 2 is 2.04 bits per heavy atom. The second-order valence-corrected chi connectivity index (χ2v) is 7.90. The minimum absolute atomic E-state index is 0.00655. The van der Waals surface area contributed by atoms with E-state index in [1.807, 2.05) is 40.9 Å². The molecule has 0 N–H and O–H groups in total. The van der Waals surface area contributed by atoms with Gasteiger partial charge in [-0.05, 0) is 44.7 Å². The second-order valence-electron chi connectivity index (χ2n) is 6.92. The molecular weight excluding hydrogens is 350 g/mol. The van der Waals surface area contributed by atoms with Crippen molar-refractivity contribution in [3.8, 4) is 5.13 Å². The van der Waals surface area contributed by atoms with E-state index in [1.165, 1.54) is 11.3 Å². The van der Waals surface area contributed by atoms with Crippen molar-refractivity contribution in [2.45, 2.75) is 44.6 Å². The van der Waals surface area contributed by atoms with Gasteiger partial charge in [0.25, 0.3) is 5.91 Å². The predicted octanol–water partition coefficient (Wildman–Crippen LogP) is 3.48. The van der Waals surface area contributed by atoms with E-state index in [2.05, 4.69) is 15.1 Å². The highest BCUT2D eigenvalue weighted by atomic mass is 32.1. The summed E-state index contributed by atoms with van der Waals surface area (Å²) in [6.45, 7) is 2.60. The molecule has 3 aromatic heterocycles. The number of aryl methyl sites for hydroxylation is 1. The summed E-state index contributed by atoms with van der Waals surface area (Å²) >= 11 is 1.42. The second kappa shape index (κ2) is 6.05. The lowest BCUT2D eigenvalue weighted by molar-refractivity contribution is 0.0714. The highest BCUT2D eigenvalue weighted by molar-refractivity contribution is 7.16. The number of hydrogen-bond donors (Lipinski definition) is 0. The van der Waals surface area contributed by atoms with Crippen LogP contribution in [-0.4, -0.2) is 37.0 Å². The molecule has 0 bridgehead atoms.